The number of halogens is 3. The third kappa shape index (κ3) is 4.88. The molecule has 0 aliphatic heterocycles. The molecule has 3 aromatic carbocycles. The maximum atomic E-state index is 12.7. The van der Waals surface area contributed by atoms with Crippen LogP contribution in [0, 0.1) is 0 Å². The highest BCUT2D eigenvalue weighted by molar-refractivity contribution is 5.92. The second-order valence-corrected chi connectivity index (χ2v) is 6.05. The molecule has 0 heterocycles. The second-order valence-electron chi connectivity index (χ2n) is 6.05. The van der Waals surface area contributed by atoms with Gasteiger partial charge in [0.25, 0.3) is 0 Å². The van der Waals surface area contributed by atoms with E-state index in [0.717, 1.165) is 23.3 Å². The Bertz CT molecular complexity index is 933. The summed E-state index contributed by atoms with van der Waals surface area (Å²) >= 11 is 0. The molecule has 0 spiro atoms. The third-order valence-electron chi connectivity index (χ3n) is 3.99. The summed E-state index contributed by atoms with van der Waals surface area (Å²) < 4.78 is 38.0. The highest BCUT2D eigenvalue weighted by Gasteiger charge is 2.29. The number of benzene rings is 3. The van der Waals surface area contributed by atoms with Gasteiger partial charge in [-0.1, -0.05) is 36.4 Å². The Morgan fingerprint density at radius 1 is 0.889 bits per heavy atom. The Balaban J connectivity index is 1.71. The molecular weight excluding hydrogens is 355 g/mol. The Kier molecular flexibility index (Phi) is 5.16. The van der Waals surface area contributed by atoms with Gasteiger partial charge in [0.05, 0.1) is 12.0 Å². The van der Waals surface area contributed by atoms with Crippen molar-refractivity contribution in [3.05, 3.63) is 83.9 Å². The molecule has 0 bridgehead atoms. The number of aromatic hydroxyl groups is 1. The summed E-state index contributed by atoms with van der Waals surface area (Å²) in [5, 5.41) is 12.0. The van der Waals surface area contributed by atoms with E-state index in [0.29, 0.717) is 11.3 Å². The van der Waals surface area contributed by atoms with E-state index in [-0.39, 0.29) is 18.1 Å². The standard InChI is InChI=1S/C21H16F3NO2/c22-21(23,24)17-6-4-15(5-7-17)16-3-1-2-14(12-16)13-20(27)25-18-8-10-19(26)11-9-18/h1-12,26H,13H2,(H,25,27). The minimum absolute atomic E-state index is 0.109. The van der Waals surface area contributed by atoms with Gasteiger partial charge in [-0.2, -0.15) is 13.2 Å². The molecule has 0 atom stereocenters. The summed E-state index contributed by atoms with van der Waals surface area (Å²) in [6.45, 7) is 0. The predicted octanol–water partition coefficient (Wildman–Crippen LogP) is 5.26. The highest BCUT2D eigenvalue weighted by atomic mass is 19.4. The largest absolute Gasteiger partial charge is 0.508 e. The zero-order valence-corrected chi connectivity index (χ0v) is 14.1. The van der Waals surface area contributed by atoms with Crippen LogP contribution in [0.1, 0.15) is 11.1 Å². The lowest BCUT2D eigenvalue weighted by Gasteiger charge is -2.09. The summed E-state index contributed by atoms with van der Waals surface area (Å²) in [4.78, 5) is 12.2. The molecule has 3 rings (SSSR count). The molecule has 6 heteroatoms. The summed E-state index contributed by atoms with van der Waals surface area (Å²) in [5.41, 5.74) is 1.98. The highest BCUT2D eigenvalue weighted by Crippen LogP contribution is 2.31. The van der Waals surface area contributed by atoms with Gasteiger partial charge in [-0.05, 0) is 53.1 Å². The maximum absolute atomic E-state index is 12.7. The van der Waals surface area contributed by atoms with Crippen LogP contribution in [0.3, 0.4) is 0 Å². The van der Waals surface area contributed by atoms with Gasteiger partial charge in [-0.15, -0.1) is 0 Å². The second kappa shape index (κ2) is 7.53. The molecule has 0 aliphatic carbocycles. The van der Waals surface area contributed by atoms with Crippen molar-refractivity contribution in [3.8, 4) is 16.9 Å². The average Bonchev–Trinajstić information content (AvgIpc) is 2.63. The smallest absolute Gasteiger partial charge is 0.416 e. The SMILES string of the molecule is O=C(Cc1cccc(-c2ccc(C(F)(F)F)cc2)c1)Nc1ccc(O)cc1. The van der Waals surface area contributed by atoms with E-state index in [1.54, 1.807) is 36.4 Å². The summed E-state index contributed by atoms with van der Waals surface area (Å²) in [7, 11) is 0. The van der Waals surface area contributed by atoms with Crippen molar-refractivity contribution in [1.29, 1.82) is 0 Å². The molecule has 3 aromatic rings. The molecular formula is C21H16F3NO2. The number of carbonyl (C=O) groups is 1. The average molecular weight is 371 g/mol. The maximum Gasteiger partial charge on any atom is 0.416 e. The third-order valence-corrected chi connectivity index (χ3v) is 3.99. The van der Waals surface area contributed by atoms with Gasteiger partial charge in [0, 0.05) is 5.69 Å². The minimum atomic E-state index is -4.37. The van der Waals surface area contributed by atoms with E-state index in [1.165, 1.54) is 24.3 Å². The lowest BCUT2D eigenvalue weighted by Crippen LogP contribution is -2.14. The number of rotatable bonds is 4. The van der Waals surface area contributed by atoms with Crippen molar-refractivity contribution in [1.82, 2.24) is 0 Å². The van der Waals surface area contributed by atoms with Crippen LogP contribution in [0.4, 0.5) is 18.9 Å². The van der Waals surface area contributed by atoms with Gasteiger partial charge in [-0.25, -0.2) is 0 Å². The van der Waals surface area contributed by atoms with Crippen molar-refractivity contribution in [2.24, 2.45) is 0 Å². The summed E-state index contributed by atoms with van der Waals surface area (Å²) in [6.07, 6.45) is -4.25. The number of phenolic OH excluding ortho intramolecular Hbond substituents is 1. The van der Waals surface area contributed by atoms with Crippen LogP contribution in [-0.4, -0.2) is 11.0 Å². The molecule has 2 N–H and O–H groups in total. The molecule has 0 aliphatic rings. The Morgan fingerprint density at radius 2 is 1.56 bits per heavy atom. The first-order chi connectivity index (χ1) is 12.8. The van der Waals surface area contributed by atoms with Gasteiger partial charge in [0.2, 0.25) is 5.91 Å². The van der Waals surface area contributed by atoms with E-state index < -0.39 is 11.7 Å². The fourth-order valence-electron chi connectivity index (χ4n) is 2.65. The number of alkyl halides is 3. The minimum Gasteiger partial charge on any atom is -0.508 e. The van der Waals surface area contributed by atoms with Gasteiger partial charge in [0.15, 0.2) is 0 Å². The van der Waals surface area contributed by atoms with E-state index in [1.807, 2.05) is 0 Å². The molecule has 0 unspecified atom stereocenters. The molecule has 3 nitrogen and oxygen atoms in total. The van der Waals surface area contributed by atoms with E-state index in [4.69, 9.17) is 0 Å². The van der Waals surface area contributed by atoms with Gasteiger partial charge in [0.1, 0.15) is 5.75 Å². The van der Waals surface area contributed by atoms with Crippen LogP contribution in [0.15, 0.2) is 72.8 Å². The van der Waals surface area contributed by atoms with Crippen molar-refractivity contribution in [3.63, 3.8) is 0 Å². The zero-order chi connectivity index (χ0) is 19.4. The lowest BCUT2D eigenvalue weighted by molar-refractivity contribution is -0.137. The number of nitrogens with one attached hydrogen (secondary N) is 1. The van der Waals surface area contributed by atoms with Crippen LogP contribution in [0.2, 0.25) is 0 Å². The number of hydrogen-bond donors (Lipinski definition) is 2. The molecule has 1 amide bonds. The van der Waals surface area contributed by atoms with Crippen molar-refractivity contribution in [2.45, 2.75) is 12.6 Å². The molecule has 138 valence electrons. The monoisotopic (exact) mass is 371 g/mol. The van der Waals surface area contributed by atoms with E-state index in [9.17, 15) is 23.1 Å². The zero-order valence-electron chi connectivity index (χ0n) is 14.1. The first kappa shape index (κ1) is 18.5. The van der Waals surface area contributed by atoms with Crippen molar-refractivity contribution < 1.29 is 23.1 Å². The quantitative estimate of drug-likeness (QED) is 0.615. The normalized spacial score (nSPS) is 11.2. The molecule has 0 saturated carbocycles. The predicted molar refractivity (Wildman–Crippen MR) is 97.3 cm³/mol. The summed E-state index contributed by atoms with van der Waals surface area (Å²) in [5.74, 6) is -0.123. The first-order valence-electron chi connectivity index (χ1n) is 8.17. The van der Waals surface area contributed by atoms with Crippen molar-refractivity contribution >= 4 is 11.6 Å². The van der Waals surface area contributed by atoms with Crippen molar-refractivity contribution in [2.75, 3.05) is 5.32 Å². The lowest BCUT2D eigenvalue weighted by atomic mass is 10.0. The van der Waals surface area contributed by atoms with Crippen LogP contribution >= 0.6 is 0 Å². The van der Waals surface area contributed by atoms with Crippen LogP contribution in [-0.2, 0) is 17.4 Å². The fourth-order valence-corrected chi connectivity index (χ4v) is 2.65. The molecule has 0 fully saturated rings. The summed E-state index contributed by atoms with van der Waals surface area (Å²) in [6, 6.07) is 18.1. The number of amides is 1. The van der Waals surface area contributed by atoms with Gasteiger partial charge in [-0.3, -0.25) is 4.79 Å². The number of carbonyl (C=O) groups excluding carboxylic acids is 1. The first-order valence-corrected chi connectivity index (χ1v) is 8.17. The number of hydrogen-bond acceptors (Lipinski definition) is 2. The van der Waals surface area contributed by atoms with Gasteiger partial charge < -0.3 is 10.4 Å². The van der Waals surface area contributed by atoms with Crippen LogP contribution in [0.5, 0.6) is 5.75 Å². The van der Waals surface area contributed by atoms with Crippen LogP contribution in [0.25, 0.3) is 11.1 Å². The Hall–Kier alpha value is -3.28. The fraction of sp³-hybridized carbons (Fsp3) is 0.0952. The number of anilines is 1. The molecule has 0 saturated heterocycles. The van der Waals surface area contributed by atoms with Crippen LogP contribution < -0.4 is 5.32 Å². The van der Waals surface area contributed by atoms with E-state index >= 15 is 0 Å². The molecule has 27 heavy (non-hydrogen) atoms. The van der Waals surface area contributed by atoms with E-state index in [2.05, 4.69) is 5.32 Å². The molecule has 0 aromatic heterocycles. The topological polar surface area (TPSA) is 49.3 Å². The van der Waals surface area contributed by atoms with Gasteiger partial charge >= 0.3 is 6.18 Å². The molecule has 0 radical (unpaired) electrons. The Morgan fingerprint density at radius 3 is 2.19 bits per heavy atom. The number of phenols is 1. The Labute approximate surface area is 154 Å².